The maximum Gasteiger partial charge on any atom is 0.227 e. The predicted molar refractivity (Wildman–Crippen MR) is 62.0 cm³/mol. The number of rotatable bonds is 2. The fourth-order valence-corrected chi connectivity index (χ4v) is 2.12. The molecule has 1 atom stereocenters. The molecule has 1 aliphatic heterocycles. The summed E-state index contributed by atoms with van der Waals surface area (Å²) < 4.78 is 13.6. The topological polar surface area (TPSA) is 46.3 Å². The molecule has 0 aromatic heterocycles. The van der Waals surface area contributed by atoms with Gasteiger partial charge in [0.1, 0.15) is 11.5 Å². The van der Waals surface area contributed by atoms with Gasteiger partial charge in [0.15, 0.2) is 0 Å². The first-order chi connectivity index (χ1) is 7.63. The summed E-state index contributed by atoms with van der Waals surface area (Å²) in [4.78, 5) is 13.1. The van der Waals surface area contributed by atoms with E-state index in [1.165, 1.54) is 17.0 Å². The van der Waals surface area contributed by atoms with Crippen molar-refractivity contribution in [3.63, 3.8) is 0 Å². The standard InChI is InChI=1S/C11H12ClFN2O/c12-5-7-4-10(16)15(6-7)11-8(13)2-1-3-9(11)14/h1-3,7H,4-6,14H2. The van der Waals surface area contributed by atoms with E-state index in [0.717, 1.165) is 0 Å². The quantitative estimate of drug-likeness (QED) is 0.637. The third-order valence-corrected chi connectivity index (χ3v) is 3.15. The maximum absolute atomic E-state index is 13.6. The Labute approximate surface area is 98.0 Å². The highest BCUT2D eigenvalue weighted by atomic mass is 35.5. The molecule has 86 valence electrons. The number of nitrogens with zero attached hydrogens (tertiary/aromatic N) is 1. The summed E-state index contributed by atoms with van der Waals surface area (Å²) >= 11 is 5.70. The van der Waals surface area contributed by atoms with Crippen LogP contribution < -0.4 is 10.6 Å². The van der Waals surface area contributed by atoms with Gasteiger partial charge in [0.25, 0.3) is 0 Å². The van der Waals surface area contributed by atoms with E-state index < -0.39 is 5.82 Å². The van der Waals surface area contributed by atoms with Crippen molar-refractivity contribution in [2.24, 2.45) is 5.92 Å². The summed E-state index contributed by atoms with van der Waals surface area (Å²) in [6.07, 6.45) is 0.358. The Kier molecular flexibility index (Phi) is 3.01. The summed E-state index contributed by atoms with van der Waals surface area (Å²) in [6.45, 7) is 0.438. The van der Waals surface area contributed by atoms with E-state index in [1.807, 2.05) is 0 Å². The molecule has 2 rings (SSSR count). The highest BCUT2D eigenvalue weighted by Gasteiger charge is 2.32. The Balaban J connectivity index is 2.35. The number of carbonyl (C=O) groups excluding carboxylic acids is 1. The first kappa shape index (κ1) is 11.2. The number of halogens is 2. The second-order valence-electron chi connectivity index (χ2n) is 3.91. The second kappa shape index (κ2) is 4.29. The lowest BCUT2D eigenvalue weighted by atomic mass is 10.1. The van der Waals surface area contributed by atoms with E-state index in [4.69, 9.17) is 17.3 Å². The third kappa shape index (κ3) is 1.85. The fraction of sp³-hybridized carbons (Fsp3) is 0.364. The first-order valence-electron chi connectivity index (χ1n) is 5.03. The summed E-state index contributed by atoms with van der Waals surface area (Å²) in [5.41, 5.74) is 6.15. The molecular weight excluding hydrogens is 231 g/mol. The van der Waals surface area contributed by atoms with Gasteiger partial charge in [-0.3, -0.25) is 4.79 Å². The summed E-state index contributed by atoms with van der Waals surface area (Å²) in [5, 5.41) is 0. The van der Waals surface area contributed by atoms with Gasteiger partial charge < -0.3 is 10.6 Å². The van der Waals surface area contributed by atoms with Crippen LogP contribution in [-0.2, 0) is 4.79 Å². The lowest BCUT2D eigenvalue weighted by Gasteiger charge is -2.19. The molecule has 1 unspecified atom stereocenters. The second-order valence-corrected chi connectivity index (χ2v) is 4.22. The van der Waals surface area contributed by atoms with Gasteiger partial charge in [-0.25, -0.2) is 4.39 Å². The molecule has 2 N–H and O–H groups in total. The number of nitrogen functional groups attached to an aromatic ring is 1. The zero-order valence-corrected chi connectivity index (χ0v) is 9.38. The number of alkyl halides is 1. The normalized spacial score (nSPS) is 20.5. The van der Waals surface area contributed by atoms with Crippen molar-refractivity contribution in [1.29, 1.82) is 0 Å². The van der Waals surface area contributed by atoms with Gasteiger partial charge in [-0.15, -0.1) is 11.6 Å². The van der Waals surface area contributed by atoms with Crippen LogP contribution in [0, 0.1) is 11.7 Å². The highest BCUT2D eigenvalue weighted by molar-refractivity contribution is 6.18. The Morgan fingerprint density at radius 1 is 1.56 bits per heavy atom. The molecule has 0 spiro atoms. The average molecular weight is 243 g/mol. The van der Waals surface area contributed by atoms with Crippen LogP contribution in [0.3, 0.4) is 0 Å². The Morgan fingerprint density at radius 3 is 2.88 bits per heavy atom. The van der Waals surface area contributed by atoms with Gasteiger partial charge in [-0.05, 0) is 18.1 Å². The molecule has 1 fully saturated rings. The van der Waals surface area contributed by atoms with Gasteiger partial charge in [-0.2, -0.15) is 0 Å². The minimum Gasteiger partial charge on any atom is -0.397 e. The summed E-state index contributed by atoms with van der Waals surface area (Å²) in [6, 6.07) is 4.40. The molecule has 1 aromatic rings. The lowest BCUT2D eigenvalue weighted by molar-refractivity contribution is -0.117. The van der Waals surface area contributed by atoms with E-state index in [2.05, 4.69) is 0 Å². The van der Waals surface area contributed by atoms with E-state index >= 15 is 0 Å². The smallest absolute Gasteiger partial charge is 0.227 e. The lowest BCUT2D eigenvalue weighted by Crippen LogP contribution is -2.26. The fourth-order valence-electron chi connectivity index (χ4n) is 1.92. The van der Waals surface area contributed by atoms with Crippen molar-refractivity contribution in [3.8, 4) is 0 Å². The van der Waals surface area contributed by atoms with Gasteiger partial charge in [-0.1, -0.05) is 6.07 Å². The van der Waals surface area contributed by atoms with E-state index in [9.17, 15) is 9.18 Å². The molecular formula is C11H12ClFN2O. The zero-order valence-electron chi connectivity index (χ0n) is 8.62. The number of nitrogens with two attached hydrogens (primary N) is 1. The van der Waals surface area contributed by atoms with Gasteiger partial charge in [0, 0.05) is 18.8 Å². The molecule has 3 nitrogen and oxygen atoms in total. The van der Waals surface area contributed by atoms with Gasteiger partial charge in [0.2, 0.25) is 5.91 Å². The van der Waals surface area contributed by atoms with Crippen LogP contribution >= 0.6 is 11.6 Å². The van der Waals surface area contributed by atoms with Crippen molar-refractivity contribution in [2.45, 2.75) is 6.42 Å². The number of hydrogen-bond acceptors (Lipinski definition) is 2. The predicted octanol–water partition coefficient (Wildman–Crippen LogP) is 2.00. The molecule has 0 radical (unpaired) electrons. The molecule has 0 saturated carbocycles. The van der Waals surface area contributed by atoms with Crippen LogP contribution in [0.4, 0.5) is 15.8 Å². The molecule has 0 bridgehead atoms. The SMILES string of the molecule is Nc1cccc(F)c1N1CC(CCl)CC1=O. The molecule has 16 heavy (non-hydrogen) atoms. The number of para-hydroxylation sites is 1. The van der Waals surface area contributed by atoms with E-state index in [0.29, 0.717) is 18.8 Å². The Hall–Kier alpha value is -1.29. The van der Waals surface area contributed by atoms with Crippen LogP contribution in [0.25, 0.3) is 0 Å². The number of carbonyl (C=O) groups is 1. The first-order valence-corrected chi connectivity index (χ1v) is 5.57. The molecule has 1 saturated heterocycles. The van der Waals surface area contributed by atoms with Gasteiger partial charge >= 0.3 is 0 Å². The maximum atomic E-state index is 13.6. The zero-order chi connectivity index (χ0) is 11.7. The van der Waals surface area contributed by atoms with E-state index in [-0.39, 0.29) is 23.2 Å². The van der Waals surface area contributed by atoms with Crippen LogP contribution in [-0.4, -0.2) is 18.3 Å². The number of amides is 1. The van der Waals surface area contributed by atoms with Crippen molar-refractivity contribution >= 4 is 28.9 Å². The van der Waals surface area contributed by atoms with Gasteiger partial charge in [0.05, 0.1) is 5.69 Å². The number of hydrogen-bond donors (Lipinski definition) is 1. The molecule has 5 heteroatoms. The number of benzene rings is 1. The van der Waals surface area contributed by atoms with Crippen LogP contribution in [0.2, 0.25) is 0 Å². The molecule has 1 heterocycles. The van der Waals surface area contributed by atoms with Crippen LogP contribution in [0.1, 0.15) is 6.42 Å². The van der Waals surface area contributed by atoms with Crippen molar-refractivity contribution in [1.82, 2.24) is 0 Å². The minimum absolute atomic E-state index is 0.0770. The van der Waals surface area contributed by atoms with Crippen LogP contribution in [0.5, 0.6) is 0 Å². The van der Waals surface area contributed by atoms with Crippen molar-refractivity contribution < 1.29 is 9.18 Å². The average Bonchev–Trinajstić information content (AvgIpc) is 2.60. The molecule has 1 aromatic carbocycles. The minimum atomic E-state index is -0.469. The Bertz CT molecular complexity index is 404. The Morgan fingerprint density at radius 2 is 2.31 bits per heavy atom. The third-order valence-electron chi connectivity index (χ3n) is 2.71. The molecule has 0 aliphatic carbocycles. The summed E-state index contributed by atoms with van der Waals surface area (Å²) in [7, 11) is 0. The van der Waals surface area contributed by atoms with Crippen molar-refractivity contribution in [2.75, 3.05) is 23.1 Å². The van der Waals surface area contributed by atoms with E-state index in [1.54, 1.807) is 6.07 Å². The van der Waals surface area contributed by atoms with Crippen LogP contribution in [0.15, 0.2) is 18.2 Å². The number of anilines is 2. The summed E-state index contributed by atoms with van der Waals surface area (Å²) in [5.74, 6) is -0.115. The largest absolute Gasteiger partial charge is 0.397 e. The highest BCUT2D eigenvalue weighted by Crippen LogP contribution is 2.32. The monoisotopic (exact) mass is 242 g/mol. The van der Waals surface area contributed by atoms with Crippen molar-refractivity contribution in [3.05, 3.63) is 24.0 Å². The molecule has 1 amide bonds. The molecule has 1 aliphatic rings.